The highest BCUT2D eigenvalue weighted by atomic mass is 16.5. The van der Waals surface area contributed by atoms with E-state index in [4.69, 9.17) is 0 Å². The lowest BCUT2D eigenvalue weighted by Crippen LogP contribution is -2.59. The van der Waals surface area contributed by atoms with Gasteiger partial charge in [0.25, 0.3) is 0 Å². The molecule has 1 saturated heterocycles. The Labute approximate surface area is 158 Å². The molecule has 1 aliphatic rings. The molecule has 0 bridgehead atoms. The Morgan fingerprint density at radius 1 is 1.23 bits per heavy atom. The minimum Gasteiger partial charge on any atom is -0.336 e. The van der Waals surface area contributed by atoms with Crippen LogP contribution in [0.15, 0.2) is 0 Å². The van der Waals surface area contributed by atoms with Crippen molar-refractivity contribution >= 4 is 12.1 Å². The summed E-state index contributed by atoms with van der Waals surface area (Å²) in [4.78, 5) is 28.9. The summed E-state index contributed by atoms with van der Waals surface area (Å²) in [6, 6.07) is -0.647. The number of amides is 4. The molecule has 7 nitrogen and oxygen atoms in total. The molecular weight excluding hydrogens is 332 g/mol. The van der Waals surface area contributed by atoms with Gasteiger partial charge in [0, 0.05) is 19.6 Å². The lowest BCUT2D eigenvalue weighted by Gasteiger charge is -2.38. The number of hydrogen-bond acceptors (Lipinski definition) is 3. The molecule has 1 atom stereocenters. The summed E-state index contributed by atoms with van der Waals surface area (Å²) >= 11 is 0. The van der Waals surface area contributed by atoms with Gasteiger partial charge in [-0.15, -0.1) is 0 Å². The van der Waals surface area contributed by atoms with Crippen LogP contribution in [0.5, 0.6) is 0 Å². The first-order valence-electron chi connectivity index (χ1n) is 10.0. The molecule has 0 spiro atoms. The second-order valence-electron chi connectivity index (χ2n) is 8.12. The maximum Gasteiger partial charge on any atom is 0.343 e. The second-order valence-corrected chi connectivity index (χ2v) is 8.12. The van der Waals surface area contributed by atoms with E-state index in [9.17, 15) is 14.8 Å². The highest BCUT2D eigenvalue weighted by Gasteiger charge is 2.54. The van der Waals surface area contributed by atoms with E-state index in [0.717, 1.165) is 37.2 Å². The van der Waals surface area contributed by atoms with Crippen molar-refractivity contribution in [1.82, 2.24) is 20.2 Å². The van der Waals surface area contributed by atoms with Crippen LogP contribution in [0.1, 0.15) is 73.6 Å². The van der Waals surface area contributed by atoms with Gasteiger partial charge >= 0.3 is 12.1 Å². The first-order chi connectivity index (χ1) is 12.2. The molecule has 1 heterocycles. The first-order valence-corrected chi connectivity index (χ1v) is 10.0. The molecule has 0 aromatic carbocycles. The molecule has 0 aromatic rings. The molecule has 1 fully saturated rings. The molecule has 2 N–H and O–H groups in total. The maximum absolute atomic E-state index is 13.0. The number of hydroxylamine groups is 2. The minimum atomic E-state index is -0.699. The summed E-state index contributed by atoms with van der Waals surface area (Å²) < 4.78 is 0. The molecule has 4 amide bonds. The van der Waals surface area contributed by atoms with Crippen LogP contribution in [-0.4, -0.2) is 63.5 Å². The van der Waals surface area contributed by atoms with Crippen molar-refractivity contribution in [2.75, 3.05) is 19.6 Å². The Morgan fingerprint density at radius 3 is 2.38 bits per heavy atom. The maximum atomic E-state index is 13.0. The number of nitrogens with zero attached hydrogens (tertiary/aromatic N) is 3. The van der Waals surface area contributed by atoms with E-state index in [0.29, 0.717) is 25.6 Å². The fourth-order valence-electron chi connectivity index (χ4n) is 3.34. The third-order valence-corrected chi connectivity index (χ3v) is 5.03. The Balaban J connectivity index is 3.01. The van der Waals surface area contributed by atoms with Gasteiger partial charge in [-0.05, 0) is 39.0 Å². The molecule has 0 aliphatic carbocycles. The Kier molecular flexibility index (Phi) is 8.67. The average molecular weight is 371 g/mol. The van der Waals surface area contributed by atoms with Gasteiger partial charge in [0.05, 0.1) is 5.54 Å². The standard InChI is InChI=1S/C19H38N4O3/c1-7-9-12-20-17(24)23(26)16-19(5,6)22(14-11-15(3)4)18(25)21(16)13-10-8-2/h15-16,26H,7-14H2,1-6H3,(H,20,24)/t16-/m1/s1. The van der Waals surface area contributed by atoms with Crippen molar-refractivity contribution in [1.29, 1.82) is 0 Å². The quantitative estimate of drug-likeness (QED) is 0.348. The van der Waals surface area contributed by atoms with Crippen LogP contribution in [0.4, 0.5) is 9.59 Å². The van der Waals surface area contributed by atoms with Gasteiger partial charge in [0.2, 0.25) is 0 Å². The van der Waals surface area contributed by atoms with Crippen LogP contribution < -0.4 is 5.32 Å². The van der Waals surface area contributed by atoms with Crippen molar-refractivity contribution < 1.29 is 14.8 Å². The fourth-order valence-corrected chi connectivity index (χ4v) is 3.34. The first kappa shape index (κ1) is 22.5. The molecule has 0 aromatic heterocycles. The summed E-state index contributed by atoms with van der Waals surface area (Å²) in [6.07, 6.45) is 3.78. The van der Waals surface area contributed by atoms with Crippen LogP contribution in [-0.2, 0) is 0 Å². The molecule has 1 aliphatic heterocycles. The smallest absolute Gasteiger partial charge is 0.336 e. The monoisotopic (exact) mass is 370 g/mol. The van der Waals surface area contributed by atoms with Crippen LogP contribution in [0.2, 0.25) is 0 Å². The number of carbonyl (C=O) groups is 2. The van der Waals surface area contributed by atoms with E-state index in [1.165, 1.54) is 0 Å². The fraction of sp³-hybridized carbons (Fsp3) is 0.895. The van der Waals surface area contributed by atoms with E-state index in [1.54, 1.807) is 9.80 Å². The van der Waals surface area contributed by atoms with Crippen molar-refractivity contribution in [3.05, 3.63) is 0 Å². The van der Waals surface area contributed by atoms with E-state index in [-0.39, 0.29) is 6.03 Å². The van der Waals surface area contributed by atoms with Crippen molar-refractivity contribution in [2.45, 2.75) is 85.4 Å². The molecule has 1 rings (SSSR count). The highest BCUT2D eigenvalue weighted by Crippen LogP contribution is 2.35. The van der Waals surface area contributed by atoms with Gasteiger partial charge in [-0.1, -0.05) is 40.5 Å². The zero-order chi connectivity index (χ0) is 19.9. The number of urea groups is 2. The number of unbranched alkanes of at least 4 members (excludes halogenated alkanes) is 2. The van der Waals surface area contributed by atoms with E-state index in [2.05, 4.69) is 26.1 Å². The van der Waals surface area contributed by atoms with Gasteiger partial charge in [-0.25, -0.2) is 9.59 Å². The molecule has 0 saturated carbocycles. The predicted molar refractivity (Wildman–Crippen MR) is 103 cm³/mol. The topological polar surface area (TPSA) is 76.1 Å². The Bertz CT molecular complexity index is 468. The van der Waals surface area contributed by atoms with E-state index in [1.807, 2.05) is 20.8 Å². The zero-order valence-corrected chi connectivity index (χ0v) is 17.4. The SMILES string of the molecule is CCCCNC(=O)N(O)[C@H]1N(CCCC)C(=O)N(CCC(C)C)C1(C)C. The molecular formula is C19H38N4O3. The van der Waals surface area contributed by atoms with Gasteiger partial charge in [-0.2, -0.15) is 5.06 Å². The summed E-state index contributed by atoms with van der Waals surface area (Å²) in [5, 5.41) is 14.1. The summed E-state index contributed by atoms with van der Waals surface area (Å²) in [5.41, 5.74) is -0.670. The van der Waals surface area contributed by atoms with Crippen molar-refractivity contribution in [2.24, 2.45) is 5.92 Å². The van der Waals surface area contributed by atoms with Gasteiger partial charge in [0.15, 0.2) is 6.17 Å². The minimum absolute atomic E-state index is 0.102. The van der Waals surface area contributed by atoms with Crippen LogP contribution >= 0.6 is 0 Å². The molecule has 0 radical (unpaired) electrons. The number of carbonyl (C=O) groups excluding carboxylic acids is 2. The van der Waals surface area contributed by atoms with Crippen LogP contribution in [0.25, 0.3) is 0 Å². The average Bonchev–Trinajstić information content (AvgIpc) is 2.75. The van der Waals surface area contributed by atoms with Gasteiger partial charge in [0.1, 0.15) is 0 Å². The van der Waals surface area contributed by atoms with Crippen molar-refractivity contribution in [3.8, 4) is 0 Å². The van der Waals surface area contributed by atoms with Gasteiger partial charge < -0.3 is 10.2 Å². The Hall–Kier alpha value is -1.50. The zero-order valence-electron chi connectivity index (χ0n) is 17.4. The molecule has 0 unspecified atom stereocenters. The number of hydrogen-bond donors (Lipinski definition) is 2. The molecule has 152 valence electrons. The van der Waals surface area contributed by atoms with Crippen LogP contribution in [0.3, 0.4) is 0 Å². The summed E-state index contributed by atoms with van der Waals surface area (Å²) in [7, 11) is 0. The highest BCUT2D eigenvalue weighted by molar-refractivity contribution is 5.81. The number of rotatable bonds is 10. The summed E-state index contributed by atoms with van der Waals surface area (Å²) in [6.45, 7) is 13.9. The lowest BCUT2D eigenvalue weighted by molar-refractivity contribution is -0.133. The summed E-state index contributed by atoms with van der Waals surface area (Å²) in [5.74, 6) is 0.476. The third-order valence-electron chi connectivity index (χ3n) is 5.03. The van der Waals surface area contributed by atoms with E-state index >= 15 is 0 Å². The predicted octanol–water partition coefficient (Wildman–Crippen LogP) is 3.88. The van der Waals surface area contributed by atoms with Gasteiger partial charge in [-0.3, -0.25) is 10.1 Å². The normalized spacial score (nSPS) is 19.4. The largest absolute Gasteiger partial charge is 0.343 e. The van der Waals surface area contributed by atoms with E-state index < -0.39 is 17.7 Å². The molecule has 7 heteroatoms. The molecule has 26 heavy (non-hydrogen) atoms. The number of nitrogens with one attached hydrogen (secondary N) is 1. The van der Waals surface area contributed by atoms with Crippen LogP contribution in [0, 0.1) is 5.92 Å². The lowest BCUT2D eigenvalue weighted by atomic mass is 9.99. The van der Waals surface area contributed by atoms with Crippen molar-refractivity contribution in [3.63, 3.8) is 0 Å². The third kappa shape index (κ3) is 5.25. The Morgan fingerprint density at radius 2 is 1.85 bits per heavy atom. The second kappa shape index (κ2) is 10.00.